The van der Waals surface area contributed by atoms with Gasteiger partial charge in [0.15, 0.2) is 18.1 Å². The van der Waals surface area contributed by atoms with Gasteiger partial charge in [-0.25, -0.2) is 17.5 Å². The van der Waals surface area contributed by atoms with Gasteiger partial charge in [-0.2, -0.15) is 0 Å². The molecule has 9 nitrogen and oxygen atoms in total. The number of nitrogens with zero attached hydrogens (tertiary/aromatic N) is 1. The summed E-state index contributed by atoms with van der Waals surface area (Å²) in [6, 6.07) is 9.79. The quantitative estimate of drug-likeness (QED) is 0.498. The molecule has 32 heavy (non-hydrogen) atoms. The van der Waals surface area contributed by atoms with Crippen LogP contribution >= 0.6 is 0 Å². The van der Waals surface area contributed by atoms with Gasteiger partial charge in [0.1, 0.15) is 13.2 Å². The molecule has 0 atom stereocenters. The lowest BCUT2D eigenvalue weighted by atomic mass is 10.2. The standard InChI is InChI=1S/C22H24N2O7S/c1-15-4-7-17(13-20(15)32(27,28)24(2)3)23-21(25)14-31-22(26)9-6-16-5-8-18-19(12-16)30-11-10-29-18/h4-9,12-13H,10-11,14H2,1-3H3,(H,23,25)/b9-6+. The Morgan fingerprint density at radius 1 is 1.09 bits per heavy atom. The van der Waals surface area contributed by atoms with Gasteiger partial charge in [0.25, 0.3) is 5.91 Å². The van der Waals surface area contributed by atoms with Crippen molar-refractivity contribution < 1.29 is 32.2 Å². The number of rotatable bonds is 7. The van der Waals surface area contributed by atoms with E-state index >= 15 is 0 Å². The largest absolute Gasteiger partial charge is 0.486 e. The van der Waals surface area contributed by atoms with Crippen LogP contribution in [-0.2, 0) is 24.3 Å². The van der Waals surface area contributed by atoms with E-state index in [1.807, 2.05) is 0 Å². The summed E-state index contributed by atoms with van der Waals surface area (Å²) in [5.41, 5.74) is 1.54. The van der Waals surface area contributed by atoms with Gasteiger partial charge in [0.2, 0.25) is 10.0 Å². The summed E-state index contributed by atoms with van der Waals surface area (Å²) in [6.45, 7) is 2.10. The molecular weight excluding hydrogens is 436 g/mol. The van der Waals surface area contributed by atoms with Gasteiger partial charge in [-0.1, -0.05) is 12.1 Å². The number of esters is 1. The molecule has 0 saturated heterocycles. The molecule has 10 heteroatoms. The van der Waals surface area contributed by atoms with Crippen molar-refractivity contribution in [2.24, 2.45) is 0 Å². The number of anilines is 1. The topological polar surface area (TPSA) is 111 Å². The van der Waals surface area contributed by atoms with Gasteiger partial charge >= 0.3 is 5.97 Å². The molecule has 1 heterocycles. The highest BCUT2D eigenvalue weighted by Crippen LogP contribution is 2.31. The summed E-state index contributed by atoms with van der Waals surface area (Å²) >= 11 is 0. The fourth-order valence-electron chi connectivity index (χ4n) is 2.86. The van der Waals surface area contributed by atoms with Gasteiger partial charge in [-0.3, -0.25) is 4.79 Å². The van der Waals surface area contributed by atoms with Crippen LogP contribution in [-0.4, -0.2) is 58.5 Å². The monoisotopic (exact) mass is 460 g/mol. The molecular formula is C22H24N2O7S. The molecule has 0 unspecified atom stereocenters. The number of hydrogen-bond acceptors (Lipinski definition) is 7. The van der Waals surface area contributed by atoms with E-state index in [1.165, 1.54) is 32.3 Å². The maximum Gasteiger partial charge on any atom is 0.331 e. The van der Waals surface area contributed by atoms with Crippen LogP contribution in [0.15, 0.2) is 47.4 Å². The Morgan fingerprint density at radius 3 is 2.53 bits per heavy atom. The van der Waals surface area contributed by atoms with Crippen molar-refractivity contribution in [3.8, 4) is 11.5 Å². The van der Waals surface area contributed by atoms with E-state index in [4.69, 9.17) is 14.2 Å². The first-order valence-electron chi connectivity index (χ1n) is 9.74. The second-order valence-electron chi connectivity index (χ2n) is 7.16. The number of carbonyl (C=O) groups is 2. The number of carbonyl (C=O) groups excluding carboxylic acids is 2. The molecule has 0 radical (unpaired) electrons. The zero-order valence-electron chi connectivity index (χ0n) is 18.0. The lowest BCUT2D eigenvalue weighted by Crippen LogP contribution is -2.24. The summed E-state index contributed by atoms with van der Waals surface area (Å²) in [5, 5.41) is 2.53. The van der Waals surface area contributed by atoms with E-state index < -0.39 is 28.5 Å². The Balaban J connectivity index is 1.56. The van der Waals surface area contributed by atoms with Gasteiger partial charge in [-0.05, 0) is 48.4 Å². The van der Waals surface area contributed by atoms with E-state index in [9.17, 15) is 18.0 Å². The van der Waals surface area contributed by atoms with Gasteiger partial charge in [0, 0.05) is 25.9 Å². The molecule has 1 aliphatic rings. The van der Waals surface area contributed by atoms with E-state index in [1.54, 1.807) is 37.3 Å². The highest BCUT2D eigenvalue weighted by atomic mass is 32.2. The zero-order valence-corrected chi connectivity index (χ0v) is 18.8. The summed E-state index contributed by atoms with van der Waals surface area (Å²) in [5.74, 6) is -0.0526. The predicted octanol–water partition coefficient (Wildman–Crippen LogP) is 2.21. The van der Waals surface area contributed by atoms with E-state index in [2.05, 4.69) is 5.32 Å². The number of amides is 1. The number of sulfonamides is 1. The van der Waals surface area contributed by atoms with Crippen LogP contribution in [0, 0.1) is 6.92 Å². The summed E-state index contributed by atoms with van der Waals surface area (Å²) < 4.78 is 41.8. The summed E-state index contributed by atoms with van der Waals surface area (Å²) in [6.07, 6.45) is 2.74. The smallest absolute Gasteiger partial charge is 0.331 e. The summed E-state index contributed by atoms with van der Waals surface area (Å²) in [4.78, 5) is 24.1. The molecule has 2 aromatic carbocycles. The number of benzene rings is 2. The van der Waals surface area contributed by atoms with Crippen molar-refractivity contribution in [3.63, 3.8) is 0 Å². The lowest BCUT2D eigenvalue weighted by molar-refractivity contribution is -0.142. The Morgan fingerprint density at radius 2 is 1.81 bits per heavy atom. The van der Waals surface area contributed by atoms with Crippen molar-refractivity contribution in [1.82, 2.24) is 4.31 Å². The molecule has 0 fully saturated rings. The minimum Gasteiger partial charge on any atom is -0.486 e. The van der Waals surface area contributed by atoms with Crippen molar-refractivity contribution >= 4 is 33.7 Å². The fraction of sp³-hybridized carbons (Fsp3) is 0.273. The van der Waals surface area contributed by atoms with Crippen LogP contribution in [0.4, 0.5) is 5.69 Å². The first-order chi connectivity index (χ1) is 15.2. The molecule has 0 aromatic heterocycles. The third-order valence-electron chi connectivity index (χ3n) is 4.55. The number of ether oxygens (including phenoxy) is 3. The van der Waals surface area contributed by atoms with E-state index in [0.29, 0.717) is 35.8 Å². The minimum atomic E-state index is -3.66. The van der Waals surface area contributed by atoms with E-state index in [-0.39, 0.29) is 10.6 Å². The zero-order chi connectivity index (χ0) is 23.3. The molecule has 0 saturated carbocycles. The third-order valence-corrected chi connectivity index (χ3v) is 6.51. The summed E-state index contributed by atoms with van der Waals surface area (Å²) in [7, 11) is -0.803. The maximum absolute atomic E-state index is 12.4. The molecule has 1 aliphatic heterocycles. The second-order valence-corrected chi connectivity index (χ2v) is 9.28. The molecule has 1 N–H and O–H groups in total. The van der Waals surface area contributed by atoms with Crippen LogP contribution in [0.2, 0.25) is 0 Å². The van der Waals surface area contributed by atoms with Crippen LogP contribution in [0.3, 0.4) is 0 Å². The number of hydrogen-bond donors (Lipinski definition) is 1. The van der Waals surface area contributed by atoms with Crippen LogP contribution < -0.4 is 14.8 Å². The van der Waals surface area contributed by atoms with Crippen LogP contribution in [0.5, 0.6) is 11.5 Å². The second kappa shape index (κ2) is 9.84. The Kier molecular flexibility index (Phi) is 7.16. The average molecular weight is 461 g/mol. The SMILES string of the molecule is Cc1ccc(NC(=O)COC(=O)/C=C/c2ccc3c(c2)OCCO3)cc1S(=O)(=O)N(C)C. The predicted molar refractivity (Wildman–Crippen MR) is 118 cm³/mol. The fourth-order valence-corrected chi connectivity index (χ4v) is 4.01. The first kappa shape index (κ1) is 23.3. The first-order valence-corrected chi connectivity index (χ1v) is 11.2. The molecule has 0 bridgehead atoms. The van der Waals surface area contributed by atoms with E-state index in [0.717, 1.165) is 4.31 Å². The molecule has 3 rings (SSSR count). The normalized spacial score (nSPS) is 13.2. The number of fused-ring (bicyclic) bond motifs is 1. The molecule has 2 aromatic rings. The number of nitrogens with one attached hydrogen (secondary N) is 1. The van der Waals surface area contributed by atoms with Gasteiger partial charge < -0.3 is 19.5 Å². The Hall–Kier alpha value is -3.37. The van der Waals surface area contributed by atoms with Crippen molar-refractivity contribution in [3.05, 3.63) is 53.6 Å². The van der Waals surface area contributed by atoms with Crippen LogP contribution in [0.1, 0.15) is 11.1 Å². The average Bonchev–Trinajstić information content (AvgIpc) is 2.77. The minimum absolute atomic E-state index is 0.0830. The molecule has 1 amide bonds. The maximum atomic E-state index is 12.4. The highest BCUT2D eigenvalue weighted by Gasteiger charge is 2.20. The van der Waals surface area contributed by atoms with Crippen molar-refractivity contribution in [2.75, 3.05) is 39.2 Å². The van der Waals surface area contributed by atoms with Gasteiger partial charge in [0.05, 0.1) is 4.90 Å². The lowest BCUT2D eigenvalue weighted by Gasteiger charge is -2.18. The highest BCUT2D eigenvalue weighted by molar-refractivity contribution is 7.89. The molecule has 170 valence electrons. The van der Waals surface area contributed by atoms with Crippen molar-refractivity contribution in [1.29, 1.82) is 0 Å². The Bertz CT molecular complexity index is 1160. The van der Waals surface area contributed by atoms with Crippen LogP contribution in [0.25, 0.3) is 6.08 Å². The molecule has 0 spiro atoms. The third kappa shape index (κ3) is 5.65. The van der Waals surface area contributed by atoms with Crippen molar-refractivity contribution in [2.45, 2.75) is 11.8 Å². The van der Waals surface area contributed by atoms with Gasteiger partial charge in [-0.15, -0.1) is 0 Å². The Labute approximate surface area is 186 Å². The number of aryl methyl sites for hydroxylation is 1. The molecule has 0 aliphatic carbocycles.